The smallest absolute Gasteiger partial charge is 0.335 e. The molecule has 0 saturated heterocycles. The zero-order valence-electron chi connectivity index (χ0n) is 11.6. The highest BCUT2D eigenvalue weighted by atomic mass is 19.2. The fourth-order valence-corrected chi connectivity index (χ4v) is 1.98. The molecule has 2 heterocycles. The monoisotopic (exact) mass is 313 g/mol. The molecular weight excluding hydrogens is 304 g/mol. The molecule has 0 aliphatic carbocycles. The number of benzene rings is 1. The number of carboxylic acid groups (broad SMARTS) is 1. The van der Waals surface area contributed by atoms with Gasteiger partial charge in [0.1, 0.15) is 0 Å². The summed E-state index contributed by atoms with van der Waals surface area (Å²) < 4.78 is 26.3. The highest BCUT2D eigenvalue weighted by Crippen LogP contribution is 2.21. The maximum absolute atomic E-state index is 13.3. The lowest BCUT2D eigenvalue weighted by molar-refractivity contribution is 0.0697. The van der Waals surface area contributed by atoms with E-state index in [1.807, 2.05) is 0 Å². The lowest BCUT2D eigenvalue weighted by atomic mass is 10.1. The quantitative estimate of drug-likeness (QED) is 0.803. The minimum absolute atomic E-state index is 0.0722. The van der Waals surface area contributed by atoms with E-state index < -0.39 is 17.6 Å². The van der Waals surface area contributed by atoms with Gasteiger partial charge in [-0.25, -0.2) is 23.5 Å². The van der Waals surface area contributed by atoms with Crippen molar-refractivity contribution in [1.29, 1.82) is 0 Å². The van der Waals surface area contributed by atoms with Crippen LogP contribution in [-0.2, 0) is 0 Å². The number of rotatable bonds is 3. The summed E-state index contributed by atoms with van der Waals surface area (Å²) in [7, 11) is 0. The average molecular weight is 313 g/mol. The minimum atomic E-state index is -1.08. The predicted octanol–water partition coefficient (Wildman–Crippen LogP) is 3.18. The first-order valence-corrected chi connectivity index (χ1v) is 6.53. The van der Waals surface area contributed by atoms with Gasteiger partial charge in [-0.05, 0) is 36.4 Å². The van der Waals surface area contributed by atoms with E-state index in [4.69, 9.17) is 5.11 Å². The molecule has 3 aromatic rings. The molecular formula is C16H9F2N3O2. The maximum atomic E-state index is 13.3. The van der Waals surface area contributed by atoms with Gasteiger partial charge >= 0.3 is 5.97 Å². The molecule has 0 radical (unpaired) electrons. The van der Waals surface area contributed by atoms with Crippen molar-refractivity contribution in [2.45, 2.75) is 0 Å². The Balaban J connectivity index is 2.04. The molecule has 5 nitrogen and oxygen atoms in total. The van der Waals surface area contributed by atoms with Crippen molar-refractivity contribution in [3.63, 3.8) is 0 Å². The highest BCUT2D eigenvalue weighted by molar-refractivity contribution is 5.88. The molecule has 3 rings (SSSR count). The van der Waals surface area contributed by atoms with Crippen LogP contribution in [0.15, 0.2) is 48.8 Å². The van der Waals surface area contributed by atoms with Crippen molar-refractivity contribution in [3.8, 4) is 22.8 Å². The van der Waals surface area contributed by atoms with Gasteiger partial charge in [-0.15, -0.1) is 0 Å². The van der Waals surface area contributed by atoms with Crippen molar-refractivity contribution in [1.82, 2.24) is 15.0 Å². The van der Waals surface area contributed by atoms with Crippen LogP contribution in [0.5, 0.6) is 0 Å². The third kappa shape index (κ3) is 3.03. The standard InChI is InChI=1S/C16H9F2N3O2/c17-11-2-1-9(7-12(11)18)15-20-6-4-13(21-15)14-8-10(16(22)23)3-5-19-14/h1-8H,(H,22,23). The summed E-state index contributed by atoms with van der Waals surface area (Å²) >= 11 is 0. The summed E-state index contributed by atoms with van der Waals surface area (Å²) in [6.07, 6.45) is 2.80. The van der Waals surface area contributed by atoms with Crippen LogP contribution < -0.4 is 0 Å². The first kappa shape index (κ1) is 14.7. The van der Waals surface area contributed by atoms with Gasteiger partial charge in [0.2, 0.25) is 0 Å². The van der Waals surface area contributed by atoms with E-state index in [-0.39, 0.29) is 11.4 Å². The summed E-state index contributed by atoms with van der Waals surface area (Å²) in [5.41, 5.74) is 1.10. The van der Waals surface area contributed by atoms with E-state index in [1.165, 1.54) is 30.6 Å². The van der Waals surface area contributed by atoms with E-state index in [0.29, 0.717) is 17.0 Å². The number of nitrogens with zero attached hydrogens (tertiary/aromatic N) is 3. The molecule has 2 aromatic heterocycles. The third-order valence-corrected chi connectivity index (χ3v) is 3.10. The van der Waals surface area contributed by atoms with E-state index in [9.17, 15) is 13.6 Å². The topological polar surface area (TPSA) is 76.0 Å². The number of carbonyl (C=O) groups is 1. The molecule has 0 atom stereocenters. The summed E-state index contributed by atoms with van der Waals surface area (Å²) in [5, 5.41) is 9.01. The Kier molecular flexibility index (Phi) is 3.76. The second-order valence-electron chi connectivity index (χ2n) is 4.63. The fourth-order valence-electron chi connectivity index (χ4n) is 1.98. The van der Waals surface area contributed by atoms with E-state index >= 15 is 0 Å². The fraction of sp³-hybridized carbons (Fsp3) is 0. The Morgan fingerprint density at radius 1 is 0.913 bits per heavy atom. The number of aromatic nitrogens is 3. The van der Waals surface area contributed by atoms with E-state index in [1.54, 1.807) is 6.07 Å². The largest absolute Gasteiger partial charge is 0.478 e. The van der Waals surface area contributed by atoms with E-state index in [0.717, 1.165) is 12.1 Å². The molecule has 0 fully saturated rings. The van der Waals surface area contributed by atoms with Crippen LogP contribution in [0.4, 0.5) is 8.78 Å². The molecule has 0 bridgehead atoms. The molecule has 23 heavy (non-hydrogen) atoms. The van der Waals surface area contributed by atoms with Crippen LogP contribution in [0.2, 0.25) is 0 Å². The van der Waals surface area contributed by atoms with Crippen LogP contribution in [0, 0.1) is 11.6 Å². The summed E-state index contributed by atoms with van der Waals surface area (Å²) in [4.78, 5) is 23.3. The Labute approximate surface area is 129 Å². The highest BCUT2D eigenvalue weighted by Gasteiger charge is 2.10. The SMILES string of the molecule is O=C(O)c1ccnc(-c2ccnc(-c3ccc(F)c(F)c3)n2)c1. The van der Waals surface area contributed by atoms with Crippen LogP contribution in [-0.4, -0.2) is 26.0 Å². The number of carboxylic acids is 1. The van der Waals surface area contributed by atoms with Gasteiger partial charge in [0.15, 0.2) is 17.5 Å². The van der Waals surface area contributed by atoms with Crippen molar-refractivity contribution < 1.29 is 18.7 Å². The second-order valence-corrected chi connectivity index (χ2v) is 4.63. The van der Waals surface area contributed by atoms with Gasteiger partial charge in [-0.3, -0.25) is 4.98 Å². The predicted molar refractivity (Wildman–Crippen MR) is 77.6 cm³/mol. The van der Waals surface area contributed by atoms with Gasteiger partial charge in [-0.2, -0.15) is 0 Å². The molecule has 0 aliphatic rings. The Hall–Kier alpha value is -3.22. The molecule has 0 saturated carbocycles. The third-order valence-electron chi connectivity index (χ3n) is 3.10. The summed E-state index contributed by atoms with van der Waals surface area (Å²) in [6, 6.07) is 7.64. The van der Waals surface area contributed by atoms with Crippen molar-refractivity contribution in [2.24, 2.45) is 0 Å². The van der Waals surface area contributed by atoms with Gasteiger partial charge in [0, 0.05) is 18.0 Å². The molecule has 0 unspecified atom stereocenters. The number of hydrogen-bond acceptors (Lipinski definition) is 4. The average Bonchev–Trinajstić information content (AvgIpc) is 2.57. The number of pyridine rings is 1. The first-order valence-electron chi connectivity index (χ1n) is 6.53. The first-order chi connectivity index (χ1) is 11.0. The maximum Gasteiger partial charge on any atom is 0.335 e. The molecule has 1 aromatic carbocycles. The molecule has 7 heteroatoms. The van der Waals surface area contributed by atoms with Crippen LogP contribution in [0.1, 0.15) is 10.4 Å². The van der Waals surface area contributed by atoms with Crippen molar-refractivity contribution in [3.05, 3.63) is 66.0 Å². The van der Waals surface area contributed by atoms with Gasteiger partial charge in [0.25, 0.3) is 0 Å². The molecule has 0 aliphatic heterocycles. The molecule has 0 amide bonds. The number of halogens is 2. The zero-order valence-corrected chi connectivity index (χ0v) is 11.6. The molecule has 1 N–H and O–H groups in total. The van der Waals surface area contributed by atoms with E-state index in [2.05, 4.69) is 15.0 Å². The zero-order chi connectivity index (χ0) is 16.4. The minimum Gasteiger partial charge on any atom is -0.478 e. The number of hydrogen-bond donors (Lipinski definition) is 1. The lowest BCUT2D eigenvalue weighted by Crippen LogP contribution is -1.99. The second kappa shape index (κ2) is 5.88. The lowest BCUT2D eigenvalue weighted by Gasteiger charge is -2.05. The van der Waals surface area contributed by atoms with Crippen LogP contribution in [0.25, 0.3) is 22.8 Å². The Morgan fingerprint density at radius 3 is 2.43 bits per heavy atom. The van der Waals surface area contributed by atoms with Crippen molar-refractivity contribution >= 4 is 5.97 Å². The normalized spacial score (nSPS) is 10.5. The summed E-state index contributed by atoms with van der Waals surface area (Å²) in [5.74, 6) is -2.85. The Bertz CT molecular complexity index is 900. The molecule has 0 spiro atoms. The van der Waals surface area contributed by atoms with Gasteiger partial charge in [0.05, 0.1) is 17.0 Å². The number of aromatic carboxylic acids is 1. The van der Waals surface area contributed by atoms with Gasteiger partial charge in [-0.1, -0.05) is 0 Å². The van der Waals surface area contributed by atoms with Gasteiger partial charge < -0.3 is 5.11 Å². The summed E-state index contributed by atoms with van der Waals surface area (Å²) in [6.45, 7) is 0. The van der Waals surface area contributed by atoms with Crippen molar-refractivity contribution in [2.75, 3.05) is 0 Å². The van der Waals surface area contributed by atoms with Crippen LogP contribution in [0.3, 0.4) is 0 Å². The molecule has 114 valence electrons. The van der Waals surface area contributed by atoms with Crippen LogP contribution >= 0.6 is 0 Å². The Morgan fingerprint density at radius 2 is 1.70 bits per heavy atom.